The lowest BCUT2D eigenvalue weighted by atomic mass is 9.95. The molecule has 0 amide bonds. The second-order valence-corrected chi connectivity index (χ2v) is 5.39. The Morgan fingerprint density at radius 1 is 1.14 bits per heavy atom. The fourth-order valence-corrected chi connectivity index (χ4v) is 2.74. The molecular formula is C18H17FO2. The Bertz CT molecular complexity index is 692. The number of halogens is 1. The van der Waals surface area contributed by atoms with Gasteiger partial charge >= 0.3 is 0 Å². The number of ether oxygens (including phenoxy) is 1. The van der Waals surface area contributed by atoms with Crippen LogP contribution in [0.4, 0.5) is 4.39 Å². The molecule has 1 heterocycles. The molecule has 108 valence electrons. The number of ketones is 1. The zero-order chi connectivity index (χ0) is 14.8. The van der Waals surface area contributed by atoms with Crippen LogP contribution in [0.1, 0.15) is 39.9 Å². The molecule has 3 rings (SSSR count). The third kappa shape index (κ3) is 2.68. The number of fused-ring (bicyclic) bond motifs is 1. The monoisotopic (exact) mass is 284 g/mol. The van der Waals surface area contributed by atoms with Crippen LogP contribution in [-0.4, -0.2) is 12.4 Å². The van der Waals surface area contributed by atoms with Gasteiger partial charge in [0.15, 0.2) is 5.78 Å². The molecule has 0 aromatic heterocycles. The standard InChI is InChI=1S/C18H17FO2/c1-12-6-2-3-8-15(12)17(20)16-11-14(19)10-13-7-4-5-9-21-18(13)16/h2-3,6,8,10-11H,4-5,7,9H2,1H3. The molecule has 2 aromatic rings. The molecule has 0 saturated carbocycles. The minimum absolute atomic E-state index is 0.175. The molecule has 0 fully saturated rings. The lowest BCUT2D eigenvalue weighted by Gasteiger charge is -2.13. The van der Waals surface area contributed by atoms with Gasteiger partial charge in [-0.05, 0) is 49.4 Å². The smallest absolute Gasteiger partial charge is 0.197 e. The Morgan fingerprint density at radius 3 is 2.76 bits per heavy atom. The van der Waals surface area contributed by atoms with Gasteiger partial charge in [0.2, 0.25) is 0 Å². The van der Waals surface area contributed by atoms with Crippen molar-refractivity contribution >= 4 is 5.78 Å². The van der Waals surface area contributed by atoms with Crippen LogP contribution in [0.3, 0.4) is 0 Å². The summed E-state index contributed by atoms with van der Waals surface area (Å²) in [4.78, 5) is 12.8. The fourth-order valence-electron chi connectivity index (χ4n) is 2.74. The topological polar surface area (TPSA) is 26.3 Å². The van der Waals surface area contributed by atoms with E-state index >= 15 is 0 Å². The van der Waals surface area contributed by atoms with Crippen molar-refractivity contribution in [3.8, 4) is 5.75 Å². The van der Waals surface area contributed by atoms with Crippen molar-refractivity contribution in [2.24, 2.45) is 0 Å². The van der Waals surface area contributed by atoms with Crippen molar-refractivity contribution in [2.75, 3.05) is 6.61 Å². The van der Waals surface area contributed by atoms with Gasteiger partial charge in [-0.25, -0.2) is 4.39 Å². The van der Waals surface area contributed by atoms with E-state index in [-0.39, 0.29) is 11.6 Å². The minimum Gasteiger partial charge on any atom is -0.493 e. The van der Waals surface area contributed by atoms with Gasteiger partial charge in [-0.1, -0.05) is 24.3 Å². The number of benzene rings is 2. The van der Waals surface area contributed by atoms with Crippen LogP contribution in [0.2, 0.25) is 0 Å². The van der Waals surface area contributed by atoms with Crippen LogP contribution < -0.4 is 4.74 Å². The highest BCUT2D eigenvalue weighted by molar-refractivity contribution is 6.11. The Kier molecular flexibility index (Phi) is 3.74. The van der Waals surface area contributed by atoms with E-state index in [9.17, 15) is 9.18 Å². The van der Waals surface area contributed by atoms with E-state index in [2.05, 4.69) is 0 Å². The lowest BCUT2D eigenvalue weighted by molar-refractivity contribution is 0.103. The first-order valence-electron chi connectivity index (χ1n) is 7.22. The van der Waals surface area contributed by atoms with Crippen LogP contribution in [0, 0.1) is 12.7 Å². The van der Waals surface area contributed by atoms with Gasteiger partial charge in [-0.2, -0.15) is 0 Å². The second kappa shape index (κ2) is 5.68. The van der Waals surface area contributed by atoms with Crippen LogP contribution in [0.25, 0.3) is 0 Å². The van der Waals surface area contributed by atoms with E-state index in [4.69, 9.17) is 4.74 Å². The molecule has 2 aromatic carbocycles. The first-order chi connectivity index (χ1) is 10.2. The summed E-state index contributed by atoms with van der Waals surface area (Å²) in [6, 6.07) is 10.1. The molecule has 2 nitrogen and oxygen atoms in total. The van der Waals surface area contributed by atoms with Crippen molar-refractivity contribution in [2.45, 2.75) is 26.2 Å². The molecule has 0 aliphatic carbocycles. The zero-order valence-electron chi connectivity index (χ0n) is 12.0. The maximum atomic E-state index is 13.9. The normalized spacial score (nSPS) is 14.0. The average Bonchev–Trinajstić information content (AvgIpc) is 2.71. The Hall–Kier alpha value is -2.16. The van der Waals surface area contributed by atoms with E-state index in [1.54, 1.807) is 6.07 Å². The summed E-state index contributed by atoms with van der Waals surface area (Å²) >= 11 is 0. The average molecular weight is 284 g/mol. The molecule has 0 unspecified atom stereocenters. The van der Waals surface area contributed by atoms with E-state index in [1.165, 1.54) is 12.1 Å². The van der Waals surface area contributed by atoms with Gasteiger partial charge in [0.05, 0.1) is 12.2 Å². The molecule has 1 aliphatic heterocycles. The summed E-state index contributed by atoms with van der Waals surface area (Å²) in [6.07, 6.45) is 2.63. The van der Waals surface area contributed by atoms with Crippen molar-refractivity contribution in [1.29, 1.82) is 0 Å². The molecule has 0 bridgehead atoms. The summed E-state index contributed by atoms with van der Waals surface area (Å²) in [5, 5.41) is 0. The van der Waals surface area contributed by atoms with Gasteiger partial charge in [0, 0.05) is 5.56 Å². The SMILES string of the molecule is Cc1ccccc1C(=O)c1cc(F)cc2c1OCCCC2. The number of carbonyl (C=O) groups is 1. The van der Waals surface area contributed by atoms with Gasteiger partial charge in [-0.15, -0.1) is 0 Å². The van der Waals surface area contributed by atoms with Crippen LogP contribution in [0.15, 0.2) is 36.4 Å². The highest BCUT2D eigenvalue weighted by atomic mass is 19.1. The number of aryl methyl sites for hydroxylation is 2. The summed E-state index contributed by atoms with van der Waals surface area (Å²) in [5.41, 5.74) is 2.61. The Balaban J connectivity index is 2.12. The molecule has 0 radical (unpaired) electrons. The van der Waals surface area contributed by atoms with Crippen molar-refractivity contribution in [1.82, 2.24) is 0 Å². The molecule has 0 atom stereocenters. The lowest BCUT2D eigenvalue weighted by Crippen LogP contribution is -2.09. The summed E-state index contributed by atoms with van der Waals surface area (Å²) in [7, 11) is 0. The number of hydrogen-bond acceptors (Lipinski definition) is 2. The predicted octanol–water partition coefficient (Wildman–Crippen LogP) is 4.08. The van der Waals surface area contributed by atoms with E-state index in [1.807, 2.05) is 25.1 Å². The molecule has 0 saturated heterocycles. The molecule has 21 heavy (non-hydrogen) atoms. The summed E-state index contributed by atoms with van der Waals surface area (Å²) in [5.74, 6) is 0.00378. The predicted molar refractivity (Wildman–Crippen MR) is 79.4 cm³/mol. The van der Waals surface area contributed by atoms with Gasteiger partial charge < -0.3 is 4.74 Å². The third-order valence-electron chi connectivity index (χ3n) is 3.85. The molecule has 0 N–H and O–H groups in total. The molecule has 1 aliphatic rings. The highest BCUT2D eigenvalue weighted by Gasteiger charge is 2.22. The molecule has 0 spiro atoms. The Morgan fingerprint density at radius 2 is 1.95 bits per heavy atom. The van der Waals surface area contributed by atoms with Crippen molar-refractivity contribution in [3.63, 3.8) is 0 Å². The third-order valence-corrected chi connectivity index (χ3v) is 3.85. The number of rotatable bonds is 2. The van der Waals surface area contributed by atoms with Gasteiger partial charge in [0.25, 0.3) is 0 Å². The zero-order valence-corrected chi connectivity index (χ0v) is 12.0. The maximum absolute atomic E-state index is 13.9. The quantitative estimate of drug-likeness (QED) is 0.777. The van der Waals surface area contributed by atoms with E-state index < -0.39 is 0 Å². The summed E-state index contributed by atoms with van der Waals surface area (Å²) in [6.45, 7) is 2.46. The van der Waals surface area contributed by atoms with E-state index in [0.29, 0.717) is 23.5 Å². The van der Waals surface area contributed by atoms with Crippen LogP contribution >= 0.6 is 0 Å². The maximum Gasteiger partial charge on any atom is 0.197 e. The highest BCUT2D eigenvalue weighted by Crippen LogP contribution is 2.31. The van der Waals surface area contributed by atoms with Crippen LogP contribution in [-0.2, 0) is 6.42 Å². The number of carbonyl (C=O) groups excluding carboxylic acids is 1. The fraction of sp³-hybridized carbons (Fsp3) is 0.278. The molecule has 3 heteroatoms. The van der Waals surface area contributed by atoms with Gasteiger partial charge in [0.1, 0.15) is 11.6 Å². The largest absolute Gasteiger partial charge is 0.493 e. The molecular weight excluding hydrogens is 267 g/mol. The summed E-state index contributed by atoms with van der Waals surface area (Å²) < 4.78 is 19.6. The number of hydrogen-bond donors (Lipinski definition) is 0. The minimum atomic E-state index is -0.379. The Labute approximate surface area is 123 Å². The van der Waals surface area contributed by atoms with E-state index in [0.717, 1.165) is 30.4 Å². The second-order valence-electron chi connectivity index (χ2n) is 5.39. The first kappa shape index (κ1) is 13.8. The van der Waals surface area contributed by atoms with Crippen molar-refractivity contribution in [3.05, 3.63) is 64.5 Å². The first-order valence-corrected chi connectivity index (χ1v) is 7.22. The van der Waals surface area contributed by atoms with Crippen LogP contribution in [0.5, 0.6) is 5.75 Å². The van der Waals surface area contributed by atoms with Gasteiger partial charge in [-0.3, -0.25) is 4.79 Å². The van der Waals surface area contributed by atoms with Crippen molar-refractivity contribution < 1.29 is 13.9 Å².